The van der Waals surface area contributed by atoms with E-state index >= 15 is 0 Å². The Morgan fingerprint density at radius 3 is 2.72 bits per heavy atom. The van der Waals surface area contributed by atoms with Gasteiger partial charge in [-0.2, -0.15) is 0 Å². The normalized spacial score (nSPS) is 11.3. The number of anilines is 1. The van der Waals surface area contributed by atoms with Gasteiger partial charge in [0.25, 0.3) is 0 Å². The number of methoxy groups -OCH3 is 1. The van der Waals surface area contributed by atoms with Crippen LogP contribution >= 0.6 is 39.1 Å². The lowest BCUT2D eigenvalue weighted by atomic mass is 10.2. The lowest BCUT2D eigenvalue weighted by molar-refractivity contribution is -0.136. The van der Waals surface area contributed by atoms with Gasteiger partial charge in [0.2, 0.25) is 0 Å². The van der Waals surface area contributed by atoms with Crippen molar-refractivity contribution in [3.63, 3.8) is 0 Å². The molecule has 0 aromatic heterocycles. The summed E-state index contributed by atoms with van der Waals surface area (Å²) in [6.45, 7) is 2.14. The standard InChI is InChI=1S/C12H12BrCl2NO2/c1-7(12(17)18-2)5-6-16-9-4-3-8(13)10(14)11(9)15/h3-5,16H,6H2,1-2H3/b7-5+. The van der Waals surface area contributed by atoms with Crippen LogP contribution in [0.5, 0.6) is 0 Å². The monoisotopic (exact) mass is 351 g/mol. The number of rotatable bonds is 4. The fraction of sp³-hybridized carbons (Fsp3) is 0.250. The van der Waals surface area contributed by atoms with Crippen LogP contribution in [0.1, 0.15) is 6.92 Å². The summed E-state index contributed by atoms with van der Waals surface area (Å²) in [7, 11) is 1.35. The van der Waals surface area contributed by atoms with Crippen LogP contribution in [-0.2, 0) is 9.53 Å². The van der Waals surface area contributed by atoms with Crippen molar-refractivity contribution in [1.82, 2.24) is 0 Å². The van der Waals surface area contributed by atoms with Crippen molar-refractivity contribution in [3.05, 3.63) is 38.3 Å². The van der Waals surface area contributed by atoms with Gasteiger partial charge in [0, 0.05) is 16.6 Å². The first kappa shape index (κ1) is 15.3. The van der Waals surface area contributed by atoms with E-state index in [1.165, 1.54) is 7.11 Å². The van der Waals surface area contributed by atoms with Crippen LogP contribution in [0.15, 0.2) is 28.3 Å². The van der Waals surface area contributed by atoms with Crippen molar-refractivity contribution in [2.75, 3.05) is 19.0 Å². The molecule has 0 radical (unpaired) electrons. The van der Waals surface area contributed by atoms with E-state index in [1.54, 1.807) is 25.1 Å². The largest absolute Gasteiger partial charge is 0.466 e. The van der Waals surface area contributed by atoms with Crippen LogP contribution in [-0.4, -0.2) is 19.6 Å². The lowest BCUT2D eigenvalue weighted by Gasteiger charge is -2.09. The van der Waals surface area contributed by atoms with Gasteiger partial charge in [-0.1, -0.05) is 29.3 Å². The molecule has 0 spiro atoms. The molecule has 1 rings (SSSR count). The average Bonchev–Trinajstić information content (AvgIpc) is 2.37. The van der Waals surface area contributed by atoms with E-state index < -0.39 is 0 Å². The molecule has 0 unspecified atom stereocenters. The van der Waals surface area contributed by atoms with Gasteiger partial charge >= 0.3 is 5.97 Å². The highest BCUT2D eigenvalue weighted by Crippen LogP contribution is 2.35. The smallest absolute Gasteiger partial charge is 0.333 e. The Bertz CT molecular complexity index is 489. The minimum absolute atomic E-state index is 0.350. The number of ether oxygens (including phenoxy) is 1. The number of hydrogen-bond donors (Lipinski definition) is 1. The van der Waals surface area contributed by atoms with Crippen LogP contribution in [0.25, 0.3) is 0 Å². The number of nitrogens with one attached hydrogen (secondary N) is 1. The first-order chi connectivity index (χ1) is 8.47. The predicted octanol–water partition coefficient (Wildman–Crippen LogP) is 4.29. The molecule has 1 aromatic carbocycles. The zero-order valence-electron chi connectivity index (χ0n) is 9.89. The molecule has 18 heavy (non-hydrogen) atoms. The molecule has 1 aromatic rings. The lowest BCUT2D eigenvalue weighted by Crippen LogP contribution is -2.05. The van der Waals surface area contributed by atoms with Gasteiger partial charge in [0.15, 0.2) is 0 Å². The third kappa shape index (κ3) is 3.90. The van der Waals surface area contributed by atoms with Crippen molar-refractivity contribution in [2.45, 2.75) is 6.92 Å². The molecular weight excluding hydrogens is 341 g/mol. The summed E-state index contributed by atoms with van der Waals surface area (Å²) < 4.78 is 5.32. The third-order valence-electron chi connectivity index (χ3n) is 2.24. The van der Waals surface area contributed by atoms with Gasteiger partial charge in [-0.05, 0) is 35.0 Å². The molecule has 3 nitrogen and oxygen atoms in total. The van der Waals surface area contributed by atoms with Crippen molar-refractivity contribution in [3.8, 4) is 0 Å². The summed E-state index contributed by atoms with van der Waals surface area (Å²) in [4.78, 5) is 11.1. The number of hydrogen-bond acceptors (Lipinski definition) is 3. The third-order valence-corrected chi connectivity index (χ3v) is 4.01. The second-order valence-electron chi connectivity index (χ2n) is 3.48. The maximum Gasteiger partial charge on any atom is 0.333 e. The highest BCUT2D eigenvalue weighted by molar-refractivity contribution is 9.10. The predicted molar refractivity (Wildman–Crippen MR) is 78.4 cm³/mol. The van der Waals surface area contributed by atoms with Gasteiger partial charge < -0.3 is 10.1 Å². The molecule has 0 amide bonds. The van der Waals surface area contributed by atoms with Gasteiger partial charge in [-0.15, -0.1) is 0 Å². The van der Waals surface area contributed by atoms with Crippen LogP contribution in [0.2, 0.25) is 10.0 Å². The first-order valence-electron chi connectivity index (χ1n) is 5.09. The number of benzene rings is 1. The SMILES string of the molecule is COC(=O)/C(C)=C/CNc1ccc(Br)c(Cl)c1Cl. The Labute approximate surface area is 124 Å². The molecule has 0 saturated heterocycles. The summed E-state index contributed by atoms with van der Waals surface area (Å²) in [5.41, 5.74) is 1.24. The second-order valence-corrected chi connectivity index (χ2v) is 5.09. The Morgan fingerprint density at radius 2 is 2.11 bits per heavy atom. The molecule has 1 N–H and O–H groups in total. The van der Waals surface area contributed by atoms with E-state index in [9.17, 15) is 4.79 Å². The van der Waals surface area contributed by atoms with E-state index in [1.807, 2.05) is 0 Å². The number of carbonyl (C=O) groups is 1. The summed E-state index contributed by atoms with van der Waals surface area (Å²) >= 11 is 15.3. The molecule has 0 atom stereocenters. The van der Waals surface area contributed by atoms with Crippen molar-refractivity contribution < 1.29 is 9.53 Å². The molecule has 6 heteroatoms. The molecular formula is C12H12BrCl2NO2. The summed E-state index contributed by atoms with van der Waals surface area (Å²) in [6.07, 6.45) is 1.72. The Hall–Kier alpha value is -0.710. The van der Waals surface area contributed by atoms with Crippen molar-refractivity contribution >= 4 is 50.8 Å². The topological polar surface area (TPSA) is 38.3 Å². The van der Waals surface area contributed by atoms with Gasteiger partial charge in [0.05, 0.1) is 22.8 Å². The number of esters is 1. The molecule has 0 aliphatic rings. The minimum Gasteiger partial charge on any atom is -0.466 e. The van der Waals surface area contributed by atoms with E-state index in [0.717, 1.165) is 4.47 Å². The van der Waals surface area contributed by atoms with Gasteiger partial charge in [0.1, 0.15) is 0 Å². The van der Waals surface area contributed by atoms with E-state index in [-0.39, 0.29) is 5.97 Å². The molecule has 0 saturated carbocycles. The summed E-state index contributed by atoms with van der Waals surface area (Å²) in [5.74, 6) is -0.350. The molecule has 0 fully saturated rings. The van der Waals surface area contributed by atoms with Crippen LogP contribution in [0.3, 0.4) is 0 Å². The fourth-order valence-electron chi connectivity index (χ4n) is 1.22. The first-order valence-corrected chi connectivity index (χ1v) is 6.64. The summed E-state index contributed by atoms with van der Waals surface area (Å²) in [6, 6.07) is 3.60. The van der Waals surface area contributed by atoms with Crippen molar-refractivity contribution in [1.29, 1.82) is 0 Å². The number of halogens is 3. The van der Waals surface area contributed by atoms with Gasteiger partial charge in [-0.3, -0.25) is 0 Å². The van der Waals surface area contributed by atoms with E-state index in [4.69, 9.17) is 23.2 Å². The maximum absolute atomic E-state index is 11.1. The number of carbonyl (C=O) groups excluding carboxylic acids is 1. The van der Waals surface area contributed by atoms with Crippen molar-refractivity contribution in [2.24, 2.45) is 0 Å². The molecule has 0 bridgehead atoms. The minimum atomic E-state index is -0.350. The van der Waals surface area contributed by atoms with Crippen LogP contribution in [0, 0.1) is 0 Å². The highest BCUT2D eigenvalue weighted by atomic mass is 79.9. The second kappa shape index (κ2) is 7.02. The Kier molecular flexibility index (Phi) is 5.99. The zero-order valence-corrected chi connectivity index (χ0v) is 13.0. The molecule has 0 aliphatic carbocycles. The van der Waals surface area contributed by atoms with E-state index in [0.29, 0.717) is 27.9 Å². The van der Waals surface area contributed by atoms with Crippen LogP contribution in [0.4, 0.5) is 5.69 Å². The average molecular weight is 353 g/mol. The fourth-order valence-corrected chi connectivity index (χ4v) is 2.06. The molecule has 0 heterocycles. The highest BCUT2D eigenvalue weighted by Gasteiger charge is 2.07. The quantitative estimate of drug-likeness (QED) is 0.499. The summed E-state index contributed by atoms with van der Waals surface area (Å²) in [5, 5.41) is 3.96. The maximum atomic E-state index is 11.1. The van der Waals surface area contributed by atoms with E-state index in [2.05, 4.69) is 26.0 Å². The van der Waals surface area contributed by atoms with Gasteiger partial charge in [-0.25, -0.2) is 4.79 Å². The Balaban J connectivity index is 2.71. The molecule has 0 aliphatic heterocycles. The van der Waals surface area contributed by atoms with Crippen LogP contribution < -0.4 is 5.32 Å². The molecule has 98 valence electrons. The Morgan fingerprint density at radius 1 is 1.44 bits per heavy atom. The zero-order chi connectivity index (χ0) is 13.7.